The monoisotopic (exact) mass is 1330 g/mol. The van der Waals surface area contributed by atoms with Crippen molar-refractivity contribution in [3.63, 3.8) is 0 Å². The van der Waals surface area contributed by atoms with Gasteiger partial charge < -0.3 is 0 Å². The molecule has 6 aromatic heterocycles. The second kappa shape index (κ2) is 23.3. The third-order valence-corrected chi connectivity index (χ3v) is 23.1. The van der Waals surface area contributed by atoms with Crippen LogP contribution in [-0.2, 0) is 0 Å². The van der Waals surface area contributed by atoms with Gasteiger partial charge in [-0.2, -0.15) is 0 Å². The summed E-state index contributed by atoms with van der Waals surface area (Å²) in [5.41, 5.74) is 16.6. The molecule has 21 rings (SSSR count). The Morgan fingerprint density at radius 1 is 0.225 bits per heavy atom. The van der Waals surface area contributed by atoms with Gasteiger partial charge in [0, 0.05) is 97.5 Å². The van der Waals surface area contributed by atoms with Crippen molar-refractivity contribution in [1.82, 2.24) is 29.1 Å². The average molecular weight is 1330 g/mol. The second-order valence-electron chi connectivity index (χ2n) is 26.3. The predicted molar refractivity (Wildman–Crippen MR) is 431 cm³/mol. The summed E-state index contributed by atoms with van der Waals surface area (Å²) in [6.45, 7) is 0. The molecular formula is C94H56N6S2. The highest BCUT2D eigenvalue weighted by Gasteiger charge is 2.29. The molecule has 0 aliphatic carbocycles. The van der Waals surface area contributed by atoms with Crippen molar-refractivity contribution in [2.45, 2.75) is 0 Å². The summed E-state index contributed by atoms with van der Waals surface area (Å²) in [4.78, 5) is 27.2. The lowest BCUT2D eigenvalue weighted by Crippen LogP contribution is -1.99. The summed E-state index contributed by atoms with van der Waals surface area (Å²) in [5, 5.41) is 18.6. The van der Waals surface area contributed by atoms with Gasteiger partial charge in [0.1, 0.15) is 22.7 Å². The standard InChI is InChI=1S/C94H56N6S2/c1-6-26-58(27-7-1)87-81-75-44-20-18-42-73(75)77-55-95-93-85(79(77)83(81)88(101-87)59-28-8-2-9-29-59)97-91(61-32-12-4-13-33-61)99(93)69-41-23-38-67(54-69)71-46-24-39-66-51-65(48-50-72(66)71)63-37-22-40-68(52-63)90-82-76-45-21-19-43-74(76)78-56-96-94-86(80(78)84(82)89(102-90)60-30-10-3-11-31-60)98-92(62-34-14-5-15-35-62)100(94)70-49-47-57-25-16-17-36-64(57)53-70/h1-56H. The first-order valence-corrected chi connectivity index (χ1v) is 36.1. The molecule has 0 radical (unpaired) electrons. The van der Waals surface area contributed by atoms with E-state index in [1.807, 2.05) is 22.7 Å². The fraction of sp³-hybridized carbons (Fsp3) is 0. The lowest BCUT2D eigenvalue weighted by molar-refractivity contribution is 1.08. The number of nitrogens with zero attached hydrogens (tertiary/aromatic N) is 6. The van der Waals surface area contributed by atoms with Crippen molar-refractivity contribution >= 4 is 131 Å². The van der Waals surface area contributed by atoms with Crippen molar-refractivity contribution in [2.24, 2.45) is 0 Å². The number of hydrogen-bond acceptors (Lipinski definition) is 6. The van der Waals surface area contributed by atoms with Gasteiger partial charge in [0.15, 0.2) is 11.3 Å². The Morgan fingerprint density at radius 2 is 0.637 bits per heavy atom. The largest absolute Gasteiger partial charge is 0.277 e. The van der Waals surface area contributed by atoms with E-state index >= 15 is 0 Å². The van der Waals surface area contributed by atoms with Crippen molar-refractivity contribution in [2.75, 3.05) is 0 Å². The smallest absolute Gasteiger partial charge is 0.165 e. The summed E-state index contributed by atoms with van der Waals surface area (Å²) in [6, 6.07) is 118. The molecular weight excluding hydrogens is 1280 g/mol. The van der Waals surface area contributed by atoms with Crippen LogP contribution in [0.3, 0.4) is 0 Å². The maximum atomic E-state index is 5.77. The van der Waals surface area contributed by atoms with Crippen molar-refractivity contribution in [3.8, 4) is 98.2 Å². The van der Waals surface area contributed by atoms with E-state index in [9.17, 15) is 0 Å². The molecule has 0 aliphatic heterocycles. The molecule has 0 fully saturated rings. The van der Waals surface area contributed by atoms with E-state index in [1.165, 1.54) is 73.7 Å². The van der Waals surface area contributed by atoms with Crippen LogP contribution in [0.15, 0.2) is 340 Å². The molecule has 0 saturated carbocycles. The SMILES string of the molecule is c1ccc(-c2sc(-c3ccccc3)c3c2c2ccccc2c2cnc4c(nc(-c5ccccc5)n4-c4cccc(-c5cccc6cc(-c7cccc(-c8sc(-c9ccccc9)c9c8c8ccccc8c8cnc%10c(nc(-c%11ccccc%11)n%10-c%10ccc%11ccccc%11c%10)c89)c7)ccc56)c4)c23)cc1. The van der Waals surface area contributed by atoms with Crippen LogP contribution in [0.25, 0.3) is 207 Å². The minimum Gasteiger partial charge on any atom is -0.277 e. The Labute approximate surface area is 594 Å². The summed E-state index contributed by atoms with van der Waals surface area (Å²) in [6.07, 6.45) is 4.19. The summed E-state index contributed by atoms with van der Waals surface area (Å²) in [7, 11) is 0. The van der Waals surface area contributed by atoms with E-state index < -0.39 is 0 Å². The van der Waals surface area contributed by atoms with E-state index in [-0.39, 0.29) is 0 Å². The Kier molecular flexibility index (Phi) is 13.3. The number of aromatic nitrogens is 6. The van der Waals surface area contributed by atoms with Crippen LogP contribution in [0.2, 0.25) is 0 Å². The number of imidazole rings is 2. The number of hydrogen-bond donors (Lipinski definition) is 0. The van der Waals surface area contributed by atoms with Crippen LogP contribution in [0.4, 0.5) is 0 Å². The van der Waals surface area contributed by atoms with Gasteiger partial charge in [-0.05, 0) is 124 Å². The van der Waals surface area contributed by atoms with Gasteiger partial charge >= 0.3 is 0 Å². The lowest BCUT2D eigenvalue weighted by atomic mass is 9.92. The molecule has 0 bridgehead atoms. The number of pyridine rings is 2. The highest BCUT2D eigenvalue weighted by Crippen LogP contribution is 2.55. The van der Waals surface area contributed by atoms with E-state index in [2.05, 4.69) is 349 Å². The molecule has 102 heavy (non-hydrogen) atoms. The second-order valence-corrected chi connectivity index (χ2v) is 28.4. The zero-order valence-corrected chi connectivity index (χ0v) is 56.5. The minimum atomic E-state index is 0.802. The Balaban J connectivity index is 0.717. The molecule has 474 valence electrons. The third-order valence-electron chi connectivity index (χ3n) is 20.6. The van der Waals surface area contributed by atoms with E-state index in [0.717, 1.165) is 133 Å². The molecule has 0 N–H and O–H groups in total. The van der Waals surface area contributed by atoms with E-state index in [4.69, 9.17) is 19.9 Å². The van der Waals surface area contributed by atoms with Gasteiger partial charge in [-0.1, -0.05) is 291 Å². The zero-order chi connectivity index (χ0) is 66.9. The van der Waals surface area contributed by atoms with Gasteiger partial charge in [0.2, 0.25) is 0 Å². The quantitative estimate of drug-likeness (QED) is 0.128. The maximum absolute atomic E-state index is 5.77. The molecule has 0 aliphatic rings. The van der Waals surface area contributed by atoms with Crippen LogP contribution in [0.5, 0.6) is 0 Å². The van der Waals surface area contributed by atoms with Gasteiger partial charge in [0.05, 0.1) is 0 Å². The van der Waals surface area contributed by atoms with Gasteiger partial charge in [-0.25, -0.2) is 19.9 Å². The molecule has 8 heteroatoms. The molecule has 0 spiro atoms. The normalized spacial score (nSPS) is 11.9. The number of benzene rings is 15. The summed E-state index contributed by atoms with van der Waals surface area (Å²) in [5.74, 6) is 1.68. The highest BCUT2D eigenvalue weighted by molar-refractivity contribution is 7.22. The Morgan fingerprint density at radius 3 is 1.20 bits per heavy atom. The molecule has 0 atom stereocenters. The van der Waals surface area contributed by atoms with Crippen molar-refractivity contribution in [3.05, 3.63) is 340 Å². The molecule has 6 heterocycles. The first-order valence-electron chi connectivity index (χ1n) is 34.5. The van der Waals surface area contributed by atoms with Gasteiger partial charge in [-0.15, -0.1) is 22.7 Å². The van der Waals surface area contributed by atoms with Crippen LogP contribution in [0.1, 0.15) is 0 Å². The third kappa shape index (κ3) is 9.10. The molecule has 6 nitrogen and oxygen atoms in total. The van der Waals surface area contributed by atoms with Gasteiger partial charge in [-0.3, -0.25) is 9.13 Å². The van der Waals surface area contributed by atoms with Crippen LogP contribution in [0, 0.1) is 0 Å². The van der Waals surface area contributed by atoms with Gasteiger partial charge in [0.25, 0.3) is 0 Å². The first-order chi connectivity index (χ1) is 50.6. The number of fused-ring (bicyclic) bond motifs is 18. The molecule has 15 aromatic carbocycles. The Hall–Kier alpha value is -13.0. The summed E-state index contributed by atoms with van der Waals surface area (Å²) < 4.78 is 4.54. The van der Waals surface area contributed by atoms with Crippen LogP contribution in [-0.4, -0.2) is 29.1 Å². The van der Waals surface area contributed by atoms with E-state index in [1.54, 1.807) is 0 Å². The molecule has 0 saturated heterocycles. The fourth-order valence-electron chi connectivity index (χ4n) is 16.0. The molecule has 0 amide bonds. The van der Waals surface area contributed by atoms with Crippen LogP contribution < -0.4 is 0 Å². The predicted octanol–water partition coefficient (Wildman–Crippen LogP) is 25.8. The first kappa shape index (κ1) is 58.0. The highest BCUT2D eigenvalue weighted by atomic mass is 32.1. The molecule has 21 aromatic rings. The van der Waals surface area contributed by atoms with Crippen molar-refractivity contribution in [1.29, 1.82) is 0 Å². The Bertz CT molecular complexity index is 6980. The fourth-order valence-corrected chi connectivity index (χ4v) is 18.6. The minimum absolute atomic E-state index is 0.802. The van der Waals surface area contributed by atoms with Crippen molar-refractivity contribution < 1.29 is 0 Å². The molecule has 0 unspecified atom stereocenters. The maximum Gasteiger partial charge on any atom is 0.165 e. The van der Waals surface area contributed by atoms with E-state index in [0.29, 0.717) is 0 Å². The lowest BCUT2D eigenvalue weighted by Gasteiger charge is -2.14. The zero-order valence-electron chi connectivity index (χ0n) is 54.8. The summed E-state index contributed by atoms with van der Waals surface area (Å²) >= 11 is 3.73. The average Bonchev–Trinajstić information content (AvgIpc) is 1.52. The topological polar surface area (TPSA) is 61.4 Å². The number of rotatable bonds is 10. The van der Waals surface area contributed by atoms with Crippen LogP contribution >= 0.6 is 22.7 Å². The number of thiophene rings is 2.